The third-order valence-corrected chi connectivity index (χ3v) is 1.52. The van der Waals surface area contributed by atoms with Crippen molar-refractivity contribution in [2.75, 3.05) is 0 Å². The third kappa shape index (κ3) is 5.78. The van der Waals surface area contributed by atoms with Gasteiger partial charge in [-0.05, 0) is 0 Å². The predicted octanol–water partition coefficient (Wildman–Crippen LogP) is 2.28. The molecule has 46 valence electrons. The standard InChI is InChI=1S/C7H14Si/c1-5-6-7-8(2,3)4/h5H2,1-4H3/i1D. The second kappa shape index (κ2) is 2.94. The summed E-state index contributed by atoms with van der Waals surface area (Å²) in [5, 5.41) is 0. The molecule has 0 aliphatic carbocycles. The summed E-state index contributed by atoms with van der Waals surface area (Å²) in [4.78, 5) is 0. The quantitative estimate of drug-likeness (QED) is 0.346. The van der Waals surface area contributed by atoms with E-state index < -0.39 is 8.07 Å². The monoisotopic (exact) mass is 127 g/mol. The second-order valence-corrected chi connectivity index (χ2v) is 7.55. The molecule has 8 heavy (non-hydrogen) atoms. The van der Waals surface area contributed by atoms with E-state index >= 15 is 0 Å². The van der Waals surface area contributed by atoms with Crippen molar-refractivity contribution in [3.8, 4) is 11.5 Å². The zero-order chi connectivity index (χ0) is 7.33. The van der Waals surface area contributed by atoms with Crippen LogP contribution >= 0.6 is 0 Å². The topological polar surface area (TPSA) is 0 Å². The SMILES string of the molecule is [2H]CCC#C[Si](C)(C)C. The van der Waals surface area contributed by atoms with Crippen LogP contribution in [0.5, 0.6) is 0 Å². The van der Waals surface area contributed by atoms with E-state index in [1.165, 1.54) is 0 Å². The van der Waals surface area contributed by atoms with Gasteiger partial charge in [-0.3, -0.25) is 0 Å². The normalized spacial score (nSPS) is 11.6. The maximum atomic E-state index is 6.82. The van der Waals surface area contributed by atoms with Crippen LogP contribution in [0.1, 0.15) is 14.7 Å². The summed E-state index contributed by atoms with van der Waals surface area (Å²) in [6.45, 7) is 7.08. The average Bonchev–Trinajstić information content (AvgIpc) is 1.63. The molecule has 0 spiro atoms. The van der Waals surface area contributed by atoms with Crippen LogP contribution in [0.3, 0.4) is 0 Å². The van der Waals surface area contributed by atoms with E-state index in [4.69, 9.17) is 1.37 Å². The Kier molecular flexibility index (Phi) is 2.17. The van der Waals surface area contributed by atoms with Gasteiger partial charge in [-0.15, -0.1) is 11.5 Å². The molecule has 0 amide bonds. The predicted molar refractivity (Wildman–Crippen MR) is 41.4 cm³/mol. The van der Waals surface area contributed by atoms with E-state index in [1.54, 1.807) is 0 Å². The molecule has 0 N–H and O–H groups in total. The smallest absolute Gasteiger partial charge is 0.129 e. The lowest BCUT2D eigenvalue weighted by molar-refractivity contribution is 1.28. The van der Waals surface area contributed by atoms with Crippen molar-refractivity contribution in [3.05, 3.63) is 0 Å². The van der Waals surface area contributed by atoms with Crippen molar-refractivity contribution in [1.82, 2.24) is 0 Å². The maximum Gasteiger partial charge on any atom is 0.129 e. The fourth-order valence-electron chi connectivity index (χ4n) is 0.328. The molecule has 0 aromatic heterocycles. The minimum absolute atomic E-state index is 0.442. The first-order valence-corrected chi connectivity index (χ1v) is 6.35. The van der Waals surface area contributed by atoms with E-state index in [1.807, 2.05) is 0 Å². The van der Waals surface area contributed by atoms with Gasteiger partial charge in [0.15, 0.2) is 0 Å². The molecule has 0 atom stereocenters. The first kappa shape index (κ1) is 5.91. The van der Waals surface area contributed by atoms with Crippen molar-refractivity contribution in [3.63, 3.8) is 0 Å². The van der Waals surface area contributed by atoms with Crippen LogP contribution in [-0.2, 0) is 0 Å². The summed E-state index contributed by atoms with van der Waals surface area (Å²) in [7, 11) is -1.14. The minimum atomic E-state index is -1.14. The molecule has 0 radical (unpaired) electrons. The molecule has 0 bridgehead atoms. The van der Waals surface area contributed by atoms with Gasteiger partial charge in [0.05, 0.1) is 0 Å². The minimum Gasteiger partial charge on any atom is -0.132 e. The van der Waals surface area contributed by atoms with E-state index in [-0.39, 0.29) is 0 Å². The van der Waals surface area contributed by atoms with Gasteiger partial charge in [-0.25, -0.2) is 0 Å². The molecule has 0 heterocycles. The van der Waals surface area contributed by atoms with Crippen LogP contribution in [0.2, 0.25) is 19.6 Å². The first-order chi connectivity index (χ1) is 4.06. The highest BCUT2D eigenvalue weighted by molar-refractivity contribution is 6.83. The van der Waals surface area contributed by atoms with Crippen molar-refractivity contribution >= 4 is 8.07 Å². The third-order valence-electron chi connectivity index (χ3n) is 0.588. The molecule has 0 unspecified atom stereocenters. The highest BCUT2D eigenvalue weighted by Crippen LogP contribution is 1.95. The lowest BCUT2D eigenvalue weighted by Gasteiger charge is -2.02. The van der Waals surface area contributed by atoms with Gasteiger partial charge in [-0.1, -0.05) is 26.5 Å². The molecule has 0 nitrogen and oxygen atoms in total. The summed E-state index contributed by atoms with van der Waals surface area (Å²) in [6, 6.07) is 0. The molecular weight excluding hydrogens is 112 g/mol. The molecule has 0 saturated heterocycles. The highest BCUT2D eigenvalue weighted by Gasteiger charge is 2.06. The molecule has 0 rings (SSSR count). The van der Waals surface area contributed by atoms with Crippen LogP contribution in [-0.4, -0.2) is 8.07 Å². The van der Waals surface area contributed by atoms with Crippen LogP contribution in [0, 0.1) is 11.5 Å². The van der Waals surface area contributed by atoms with Crippen molar-refractivity contribution < 1.29 is 1.37 Å². The van der Waals surface area contributed by atoms with Gasteiger partial charge in [0.2, 0.25) is 0 Å². The number of hydrogen-bond donors (Lipinski definition) is 0. The van der Waals surface area contributed by atoms with E-state index in [0.29, 0.717) is 6.90 Å². The Morgan fingerprint density at radius 1 is 1.50 bits per heavy atom. The number of rotatable bonds is 0. The van der Waals surface area contributed by atoms with Gasteiger partial charge in [-0.2, -0.15) is 0 Å². The van der Waals surface area contributed by atoms with Gasteiger partial charge in [0.1, 0.15) is 8.07 Å². The lowest BCUT2D eigenvalue weighted by atomic mass is 10.5. The first-order valence-electron chi connectivity index (χ1n) is 3.56. The summed E-state index contributed by atoms with van der Waals surface area (Å²) in [5.41, 5.74) is 3.19. The molecule has 0 aliphatic rings. The molecule has 0 aliphatic heterocycles. The Hall–Kier alpha value is -0.223. The van der Waals surface area contributed by atoms with Crippen LogP contribution in [0.4, 0.5) is 0 Å². The Balaban J connectivity index is 3.59. The Labute approximate surface area is 54.7 Å². The fraction of sp³-hybridized carbons (Fsp3) is 0.714. The van der Waals surface area contributed by atoms with E-state index in [9.17, 15) is 0 Å². The second-order valence-electron chi connectivity index (χ2n) is 2.80. The van der Waals surface area contributed by atoms with Crippen LogP contribution in [0.25, 0.3) is 0 Å². The van der Waals surface area contributed by atoms with Gasteiger partial charge in [0, 0.05) is 7.79 Å². The molecule has 1 heteroatoms. The highest BCUT2D eigenvalue weighted by atomic mass is 28.3. The molecule has 0 fully saturated rings. The summed E-state index contributed by atoms with van der Waals surface area (Å²) >= 11 is 0. The summed E-state index contributed by atoms with van der Waals surface area (Å²) in [5.74, 6) is 3.00. The summed E-state index contributed by atoms with van der Waals surface area (Å²) in [6.07, 6.45) is 0.740. The fourth-order valence-corrected chi connectivity index (χ4v) is 0.983. The van der Waals surface area contributed by atoms with Crippen LogP contribution in [0.15, 0.2) is 0 Å². The largest absolute Gasteiger partial charge is 0.132 e. The molecule has 0 saturated carbocycles. The molecule has 0 aromatic rings. The zero-order valence-electron chi connectivity index (χ0n) is 6.91. The lowest BCUT2D eigenvalue weighted by Crippen LogP contribution is -2.16. The summed E-state index contributed by atoms with van der Waals surface area (Å²) < 4.78 is 6.82. The maximum absolute atomic E-state index is 6.82. The van der Waals surface area contributed by atoms with Crippen molar-refractivity contribution in [2.45, 2.75) is 33.0 Å². The van der Waals surface area contributed by atoms with E-state index in [2.05, 4.69) is 31.1 Å². The Bertz CT molecular complexity index is 124. The Morgan fingerprint density at radius 2 is 2.12 bits per heavy atom. The van der Waals surface area contributed by atoms with Crippen molar-refractivity contribution in [1.29, 1.82) is 0 Å². The average molecular weight is 127 g/mol. The number of hydrogen-bond acceptors (Lipinski definition) is 0. The van der Waals surface area contributed by atoms with Gasteiger partial charge >= 0.3 is 0 Å². The zero-order valence-corrected chi connectivity index (χ0v) is 6.91. The van der Waals surface area contributed by atoms with Gasteiger partial charge in [0.25, 0.3) is 0 Å². The Morgan fingerprint density at radius 3 is 2.50 bits per heavy atom. The van der Waals surface area contributed by atoms with Gasteiger partial charge < -0.3 is 0 Å². The van der Waals surface area contributed by atoms with Crippen molar-refractivity contribution in [2.24, 2.45) is 0 Å². The molecule has 0 aromatic carbocycles. The molecular formula is C7H14Si. The van der Waals surface area contributed by atoms with Crippen LogP contribution < -0.4 is 0 Å². The van der Waals surface area contributed by atoms with E-state index in [0.717, 1.165) is 6.42 Å².